The molecule has 0 saturated carbocycles. The van der Waals surface area contributed by atoms with E-state index < -0.39 is 0 Å². The molecule has 1 fully saturated rings. The van der Waals surface area contributed by atoms with Gasteiger partial charge in [-0.2, -0.15) is 0 Å². The maximum atomic E-state index is 6.94. The molecule has 0 N–H and O–H groups in total. The Morgan fingerprint density at radius 3 is 2.81 bits per heavy atom. The molecule has 1 aliphatic carbocycles. The maximum absolute atomic E-state index is 6.94. The Hall–Kier alpha value is -2.15. The van der Waals surface area contributed by atoms with E-state index in [1.54, 1.807) is 0 Å². The highest BCUT2D eigenvalue weighted by Gasteiger charge is 2.28. The van der Waals surface area contributed by atoms with Crippen LogP contribution in [0.5, 0.6) is 0 Å². The molecular formula is C24H31ClN6. The summed E-state index contributed by atoms with van der Waals surface area (Å²) in [5.41, 5.74) is 4.44. The predicted octanol–water partition coefficient (Wildman–Crippen LogP) is 4.03. The minimum atomic E-state index is 0.310. The van der Waals surface area contributed by atoms with Gasteiger partial charge in [0.2, 0.25) is 0 Å². The molecule has 164 valence electrons. The second kappa shape index (κ2) is 8.41. The maximum Gasteiger partial charge on any atom is 0.139 e. The molecular weight excluding hydrogens is 408 g/mol. The highest BCUT2D eigenvalue weighted by atomic mass is 35.5. The minimum absolute atomic E-state index is 0.310. The van der Waals surface area contributed by atoms with Crippen molar-refractivity contribution in [3.63, 3.8) is 0 Å². The van der Waals surface area contributed by atoms with Crippen LogP contribution in [0.25, 0.3) is 5.65 Å². The Balaban J connectivity index is 1.42. The van der Waals surface area contributed by atoms with E-state index >= 15 is 0 Å². The summed E-state index contributed by atoms with van der Waals surface area (Å²) >= 11 is 6.94. The first-order valence-corrected chi connectivity index (χ1v) is 11.6. The highest BCUT2D eigenvalue weighted by molar-refractivity contribution is 6.30. The van der Waals surface area contributed by atoms with Crippen molar-refractivity contribution >= 4 is 23.1 Å². The highest BCUT2D eigenvalue weighted by Crippen LogP contribution is 2.34. The van der Waals surface area contributed by atoms with Crippen molar-refractivity contribution in [3.8, 4) is 0 Å². The third-order valence-electron chi connectivity index (χ3n) is 6.95. The molecule has 3 aromatic rings. The lowest BCUT2D eigenvalue weighted by molar-refractivity contribution is 0.206. The first-order valence-electron chi connectivity index (χ1n) is 11.2. The molecule has 0 aromatic carbocycles. The molecule has 6 nitrogen and oxygen atoms in total. The molecule has 0 spiro atoms. The van der Waals surface area contributed by atoms with Crippen LogP contribution in [0, 0.1) is 0 Å². The molecule has 0 bridgehead atoms. The topological polar surface area (TPSA) is 39.9 Å². The number of fused-ring (bicyclic) bond motifs is 2. The quantitative estimate of drug-likeness (QED) is 0.601. The average Bonchev–Trinajstić information content (AvgIpc) is 3.39. The van der Waals surface area contributed by atoms with Gasteiger partial charge in [0.25, 0.3) is 0 Å². The van der Waals surface area contributed by atoms with Gasteiger partial charge in [0.15, 0.2) is 0 Å². The van der Waals surface area contributed by atoms with Crippen molar-refractivity contribution in [1.82, 2.24) is 24.2 Å². The van der Waals surface area contributed by atoms with E-state index in [4.69, 9.17) is 21.6 Å². The van der Waals surface area contributed by atoms with Crippen LogP contribution < -0.4 is 4.90 Å². The monoisotopic (exact) mass is 438 g/mol. The SMILES string of the molecule is CN(C)[C@@H]1CCN(c2cccc3nc(CN(C)[C@H]4CCCc5cccnc54)c(Cl)n23)C1. The second-order valence-corrected chi connectivity index (χ2v) is 9.51. The number of aromatic nitrogens is 3. The number of anilines is 1. The van der Waals surface area contributed by atoms with Crippen LogP contribution in [-0.4, -0.2) is 64.4 Å². The van der Waals surface area contributed by atoms with Crippen molar-refractivity contribution < 1.29 is 0 Å². The summed E-state index contributed by atoms with van der Waals surface area (Å²) in [6, 6.07) is 11.4. The molecule has 2 atom stereocenters. The average molecular weight is 439 g/mol. The smallest absolute Gasteiger partial charge is 0.139 e. The number of halogens is 1. The lowest BCUT2D eigenvalue weighted by Gasteiger charge is -2.31. The Labute approximate surface area is 189 Å². The van der Waals surface area contributed by atoms with Crippen molar-refractivity contribution in [2.45, 2.75) is 44.3 Å². The molecule has 1 aliphatic heterocycles. The Kier molecular flexibility index (Phi) is 5.63. The van der Waals surface area contributed by atoms with Gasteiger partial charge in [0.05, 0.1) is 17.4 Å². The molecule has 31 heavy (non-hydrogen) atoms. The van der Waals surface area contributed by atoms with Crippen LogP contribution in [-0.2, 0) is 13.0 Å². The minimum Gasteiger partial charge on any atom is -0.356 e. The number of hydrogen-bond acceptors (Lipinski definition) is 5. The van der Waals surface area contributed by atoms with Crippen LogP contribution in [0.4, 0.5) is 5.82 Å². The van der Waals surface area contributed by atoms with Gasteiger partial charge >= 0.3 is 0 Å². The summed E-state index contributed by atoms with van der Waals surface area (Å²) in [5, 5.41) is 0.725. The fourth-order valence-corrected chi connectivity index (χ4v) is 5.44. The van der Waals surface area contributed by atoms with Gasteiger partial charge in [0, 0.05) is 31.9 Å². The largest absolute Gasteiger partial charge is 0.356 e. The number of imidazole rings is 1. The standard InChI is InChI=1S/C24H31ClN6/c1-28(2)18-12-14-30(15-18)22-11-5-10-21-27-19(24(25)31(21)22)16-29(3)20-9-4-7-17-8-6-13-26-23(17)20/h5-6,8,10-11,13,18,20H,4,7,9,12,14-16H2,1-3H3/t18-,20+/m1/s1. The van der Waals surface area contributed by atoms with E-state index in [2.05, 4.69) is 64.5 Å². The number of pyridine rings is 2. The van der Waals surface area contributed by atoms with Gasteiger partial charge in [0.1, 0.15) is 16.6 Å². The van der Waals surface area contributed by atoms with Crippen molar-refractivity contribution in [2.75, 3.05) is 39.1 Å². The van der Waals surface area contributed by atoms with Crippen LogP contribution in [0.3, 0.4) is 0 Å². The third kappa shape index (κ3) is 3.81. The predicted molar refractivity (Wildman–Crippen MR) is 126 cm³/mol. The Morgan fingerprint density at radius 2 is 2.00 bits per heavy atom. The summed E-state index contributed by atoms with van der Waals surface area (Å²) in [6.07, 6.45) is 6.51. The Morgan fingerprint density at radius 1 is 1.13 bits per heavy atom. The number of likely N-dealkylation sites (N-methyl/N-ethyl adjacent to an activating group) is 1. The van der Waals surface area contributed by atoms with Crippen molar-refractivity contribution in [1.29, 1.82) is 0 Å². The van der Waals surface area contributed by atoms with E-state index in [-0.39, 0.29) is 0 Å². The molecule has 2 aliphatic rings. The number of hydrogen-bond donors (Lipinski definition) is 0. The third-order valence-corrected chi connectivity index (χ3v) is 7.33. The fourth-order valence-electron chi connectivity index (χ4n) is 5.17. The van der Waals surface area contributed by atoms with Crippen LogP contribution >= 0.6 is 11.6 Å². The molecule has 4 heterocycles. The van der Waals surface area contributed by atoms with Gasteiger partial charge in [-0.15, -0.1) is 0 Å². The zero-order valence-electron chi connectivity index (χ0n) is 18.6. The van der Waals surface area contributed by atoms with Crippen molar-refractivity contribution in [3.05, 3.63) is 58.6 Å². The number of nitrogens with zero attached hydrogens (tertiary/aromatic N) is 6. The van der Waals surface area contributed by atoms with E-state index in [0.29, 0.717) is 18.6 Å². The molecule has 0 unspecified atom stereocenters. The van der Waals surface area contributed by atoms with Gasteiger partial charge < -0.3 is 9.80 Å². The van der Waals surface area contributed by atoms with E-state index in [9.17, 15) is 0 Å². The van der Waals surface area contributed by atoms with Gasteiger partial charge in [-0.25, -0.2) is 4.98 Å². The lowest BCUT2D eigenvalue weighted by atomic mass is 9.91. The van der Waals surface area contributed by atoms with Crippen LogP contribution in [0.15, 0.2) is 36.5 Å². The summed E-state index contributed by atoms with van der Waals surface area (Å²) in [6.45, 7) is 2.76. The van der Waals surface area contributed by atoms with Gasteiger partial charge in [-0.05, 0) is 70.6 Å². The molecule has 3 aromatic heterocycles. The zero-order valence-corrected chi connectivity index (χ0v) is 19.4. The molecule has 0 amide bonds. The molecule has 0 radical (unpaired) electrons. The summed E-state index contributed by atoms with van der Waals surface area (Å²) in [7, 11) is 6.48. The summed E-state index contributed by atoms with van der Waals surface area (Å²) in [5.74, 6) is 1.14. The molecule has 7 heteroatoms. The Bertz CT molecular complexity index is 1080. The molecule has 5 rings (SSSR count). The summed E-state index contributed by atoms with van der Waals surface area (Å²) < 4.78 is 2.12. The van der Waals surface area contributed by atoms with Crippen molar-refractivity contribution in [2.24, 2.45) is 0 Å². The molecule has 1 saturated heterocycles. The number of rotatable bonds is 5. The zero-order chi connectivity index (χ0) is 21.5. The van der Waals surface area contributed by atoms with Crippen LogP contribution in [0.2, 0.25) is 5.15 Å². The van der Waals surface area contributed by atoms with E-state index in [1.165, 1.54) is 24.1 Å². The summed E-state index contributed by atoms with van der Waals surface area (Å²) in [4.78, 5) is 16.7. The van der Waals surface area contributed by atoms with Crippen LogP contribution in [0.1, 0.15) is 42.3 Å². The lowest BCUT2D eigenvalue weighted by Crippen LogP contribution is -2.32. The van der Waals surface area contributed by atoms with E-state index in [1.807, 2.05) is 12.3 Å². The fraction of sp³-hybridized carbons (Fsp3) is 0.500. The first-order chi connectivity index (χ1) is 15.0. The van der Waals surface area contributed by atoms with Gasteiger partial charge in [-0.1, -0.05) is 23.7 Å². The van der Waals surface area contributed by atoms with Gasteiger partial charge in [-0.3, -0.25) is 14.3 Å². The number of aryl methyl sites for hydroxylation is 1. The second-order valence-electron chi connectivity index (χ2n) is 9.15. The normalized spacial score (nSPS) is 21.4. The van der Waals surface area contributed by atoms with E-state index in [0.717, 1.165) is 48.2 Å². The first kappa shape index (κ1) is 20.7.